The van der Waals surface area contributed by atoms with Gasteiger partial charge in [-0.3, -0.25) is 0 Å². The number of hydrogen-bond acceptors (Lipinski definition) is 0. The van der Waals surface area contributed by atoms with E-state index in [0.29, 0.717) is 0 Å². The summed E-state index contributed by atoms with van der Waals surface area (Å²) in [5.41, 5.74) is 18.8. The van der Waals surface area contributed by atoms with Gasteiger partial charge in [0, 0.05) is 22.3 Å². The van der Waals surface area contributed by atoms with Crippen LogP contribution >= 0.6 is 15.1 Å². The van der Waals surface area contributed by atoms with Crippen LogP contribution in [0.5, 0.6) is 0 Å². The minimum Gasteiger partial charge on any atom is -0.0622 e. The molecule has 0 saturated carbocycles. The van der Waals surface area contributed by atoms with E-state index in [0.717, 1.165) is 0 Å². The van der Waals surface area contributed by atoms with Crippen molar-refractivity contribution in [2.45, 2.75) is 79.5 Å². The molecule has 8 aromatic rings. The Kier molecular flexibility index (Phi) is 13.0. The van der Waals surface area contributed by atoms with Gasteiger partial charge >= 0.3 is 0 Å². The maximum atomic E-state index is 2.54. The predicted molar refractivity (Wildman–Crippen MR) is 267 cm³/mol. The van der Waals surface area contributed by atoms with Crippen LogP contribution in [-0.4, -0.2) is 0 Å². The quantitative estimate of drug-likeness (QED) is 0.102. The molecule has 298 valence electrons. The molecule has 60 heavy (non-hydrogen) atoms. The van der Waals surface area contributed by atoms with E-state index in [1.165, 1.54) is 137 Å². The van der Waals surface area contributed by atoms with Crippen LogP contribution in [0.2, 0.25) is 0 Å². The Morgan fingerprint density at radius 1 is 0.283 bits per heavy atom. The molecule has 0 unspecified atom stereocenters. The van der Waals surface area contributed by atoms with Crippen molar-refractivity contribution >= 4 is 15.1 Å². The average molecular weight is 817 g/mol. The SMILES string of the molecule is Cc1cccc(-c2cc(-c3ccccc3)cc(-c3cccc(C)c3)[p+]2CCCCCC[p+]2c(-c3ccc(C)cc3C)cc(-c3ccccc3)cc2-c2ccc(C)cc2C)c1. The fourth-order valence-corrected chi connectivity index (χ4v) is 14.7. The number of benzene rings is 6. The normalized spacial score (nSPS) is 11.2. The third kappa shape index (κ3) is 9.48. The summed E-state index contributed by atoms with van der Waals surface area (Å²) in [5, 5.41) is 6.06. The summed E-state index contributed by atoms with van der Waals surface area (Å²) in [6.07, 6.45) is 7.33. The lowest BCUT2D eigenvalue weighted by Gasteiger charge is -2.14. The highest BCUT2D eigenvalue weighted by Crippen LogP contribution is 2.55. The summed E-state index contributed by atoms with van der Waals surface area (Å²) in [7, 11) is -1.13. The van der Waals surface area contributed by atoms with E-state index in [4.69, 9.17) is 0 Å². The van der Waals surface area contributed by atoms with Gasteiger partial charge in [-0.15, -0.1) is 0 Å². The maximum absolute atomic E-state index is 2.54. The van der Waals surface area contributed by atoms with Gasteiger partial charge < -0.3 is 0 Å². The molecule has 2 heterocycles. The lowest BCUT2D eigenvalue weighted by Crippen LogP contribution is -1.92. The Hall–Kier alpha value is -5.38. The molecule has 0 bridgehead atoms. The van der Waals surface area contributed by atoms with Crippen LogP contribution in [0.3, 0.4) is 0 Å². The first-order chi connectivity index (χ1) is 29.2. The Morgan fingerprint density at radius 3 is 1.05 bits per heavy atom. The summed E-state index contributed by atoms with van der Waals surface area (Å²) >= 11 is 0. The molecule has 0 saturated heterocycles. The van der Waals surface area contributed by atoms with Crippen molar-refractivity contribution in [1.29, 1.82) is 0 Å². The van der Waals surface area contributed by atoms with Crippen LogP contribution in [0, 0.1) is 41.5 Å². The number of unbranched alkanes of at least 4 members (excludes halogenated alkanes) is 3. The van der Waals surface area contributed by atoms with Crippen LogP contribution in [0.25, 0.3) is 65.7 Å². The van der Waals surface area contributed by atoms with E-state index in [2.05, 4.69) is 211 Å². The third-order valence-electron chi connectivity index (χ3n) is 12.0. The third-order valence-corrected chi connectivity index (χ3v) is 17.4. The van der Waals surface area contributed by atoms with Crippen molar-refractivity contribution < 1.29 is 0 Å². The molecule has 0 fully saturated rings. The molecule has 0 spiro atoms. The fourth-order valence-electron chi connectivity index (χ4n) is 8.95. The monoisotopic (exact) mass is 816 g/mol. The molecule has 0 radical (unpaired) electrons. The second-order valence-corrected chi connectivity index (χ2v) is 21.4. The summed E-state index contributed by atoms with van der Waals surface area (Å²) in [6.45, 7) is 13.5. The minimum atomic E-state index is -0.577. The molecule has 0 amide bonds. The Morgan fingerprint density at radius 2 is 0.650 bits per heavy atom. The van der Waals surface area contributed by atoms with Crippen molar-refractivity contribution in [2.75, 3.05) is 0 Å². The van der Waals surface area contributed by atoms with Gasteiger partial charge in [-0.05, 0) is 137 Å². The lowest BCUT2D eigenvalue weighted by atomic mass is 9.99. The van der Waals surface area contributed by atoms with E-state index < -0.39 is 15.1 Å². The summed E-state index contributed by atoms with van der Waals surface area (Å²) in [4.78, 5) is 0. The molecule has 0 atom stereocenters. The first-order valence-corrected chi connectivity index (χ1v) is 24.8. The predicted octanol–water partition coefficient (Wildman–Crippen LogP) is 18.3. The van der Waals surface area contributed by atoms with Crippen molar-refractivity contribution in [3.8, 4) is 65.7 Å². The Bertz CT molecular complexity index is 2620. The number of hydrogen-bond donors (Lipinski definition) is 0. The van der Waals surface area contributed by atoms with E-state index in [1.54, 1.807) is 0 Å². The van der Waals surface area contributed by atoms with Gasteiger partial charge in [0.25, 0.3) is 0 Å². The largest absolute Gasteiger partial charge is 0.157 e. The van der Waals surface area contributed by atoms with Gasteiger partial charge in [0.2, 0.25) is 0 Å². The van der Waals surface area contributed by atoms with Crippen molar-refractivity contribution in [1.82, 2.24) is 0 Å². The van der Waals surface area contributed by atoms with E-state index in [-0.39, 0.29) is 0 Å². The second kappa shape index (κ2) is 18.9. The van der Waals surface area contributed by atoms with Gasteiger partial charge in [0.15, 0.2) is 21.2 Å². The molecule has 0 aliphatic carbocycles. The van der Waals surface area contributed by atoms with Crippen LogP contribution in [0.1, 0.15) is 59.1 Å². The zero-order valence-electron chi connectivity index (χ0n) is 36.3. The van der Waals surface area contributed by atoms with Gasteiger partial charge in [0.05, 0.1) is 0 Å². The first-order valence-electron chi connectivity index (χ1n) is 21.8. The van der Waals surface area contributed by atoms with E-state index >= 15 is 0 Å². The van der Waals surface area contributed by atoms with Gasteiger partial charge in [-0.2, -0.15) is 0 Å². The molecule has 8 rings (SSSR count). The number of rotatable bonds is 13. The molecule has 0 nitrogen and oxygen atoms in total. The smallest absolute Gasteiger partial charge is 0.0622 e. The topological polar surface area (TPSA) is 0 Å². The lowest BCUT2D eigenvalue weighted by molar-refractivity contribution is 0.679. The molecule has 0 N–H and O–H groups in total. The fraction of sp³-hybridized carbons (Fsp3) is 0.207. The summed E-state index contributed by atoms with van der Waals surface area (Å²) in [6, 6.07) is 64.6. The highest BCUT2D eigenvalue weighted by molar-refractivity contribution is 7.55. The molecule has 6 aromatic carbocycles. The van der Waals surface area contributed by atoms with Crippen LogP contribution in [-0.2, 0) is 12.3 Å². The van der Waals surface area contributed by atoms with Crippen molar-refractivity contribution in [3.05, 3.63) is 203 Å². The summed E-state index contributed by atoms with van der Waals surface area (Å²) < 4.78 is 0. The minimum absolute atomic E-state index is 0.557. The molecule has 2 heteroatoms. The average Bonchev–Trinajstić information content (AvgIpc) is 3.25. The molecular formula is C58H58P2+2. The highest BCUT2D eigenvalue weighted by Gasteiger charge is 2.28. The van der Waals surface area contributed by atoms with Crippen LogP contribution in [0.15, 0.2) is 170 Å². The number of aryl methyl sites for hydroxylation is 6. The highest BCUT2D eigenvalue weighted by atomic mass is 31.1. The summed E-state index contributed by atoms with van der Waals surface area (Å²) in [5.74, 6) is 0. The zero-order valence-corrected chi connectivity index (χ0v) is 38.1. The van der Waals surface area contributed by atoms with E-state index in [9.17, 15) is 0 Å². The molecule has 2 aromatic heterocycles. The zero-order chi connectivity index (χ0) is 41.6. The van der Waals surface area contributed by atoms with Crippen molar-refractivity contribution in [3.63, 3.8) is 0 Å². The molecular weight excluding hydrogens is 759 g/mol. The van der Waals surface area contributed by atoms with Gasteiger partial charge in [-0.25, -0.2) is 0 Å². The second-order valence-electron chi connectivity index (χ2n) is 16.9. The molecule has 0 aliphatic heterocycles. The Balaban J connectivity index is 1.12. The van der Waals surface area contributed by atoms with E-state index in [1.807, 2.05) is 0 Å². The van der Waals surface area contributed by atoms with Crippen molar-refractivity contribution in [2.24, 2.45) is 0 Å². The van der Waals surface area contributed by atoms with Gasteiger partial charge in [-0.1, -0.05) is 156 Å². The first kappa shape index (κ1) is 41.4. The van der Waals surface area contributed by atoms with Gasteiger partial charge in [0.1, 0.15) is 27.4 Å². The molecule has 0 aliphatic rings. The van der Waals surface area contributed by atoms with Crippen LogP contribution < -0.4 is 0 Å². The maximum Gasteiger partial charge on any atom is 0.157 e. The Labute approximate surface area is 361 Å². The standard InChI is InChI=1S/C58H58P2/c1-41-19-17-25-49(35-41)55-37-51(47-21-11-9-12-22-47)38-56(50-26-18-20-42(2)36-50)59(55)31-15-7-8-16-32-60-57(53-29-27-43(3)33-45(53)5)39-52(48-23-13-10-14-24-48)40-58(60)54-30-28-44(4)34-46(54)6/h9-14,17-30,33-40H,7-8,15-16,31-32H2,1-6H3/q+2. The van der Waals surface area contributed by atoms with Crippen LogP contribution in [0.4, 0.5) is 0 Å².